The van der Waals surface area contributed by atoms with Crippen molar-refractivity contribution in [2.75, 3.05) is 13.1 Å². The van der Waals surface area contributed by atoms with Gasteiger partial charge >= 0.3 is 0 Å². The highest BCUT2D eigenvalue weighted by molar-refractivity contribution is 8.00. The molecule has 1 aliphatic rings. The summed E-state index contributed by atoms with van der Waals surface area (Å²) in [5, 5.41) is 7.81. The molecule has 1 saturated heterocycles. The van der Waals surface area contributed by atoms with Gasteiger partial charge in [0, 0.05) is 28.6 Å². The van der Waals surface area contributed by atoms with Crippen molar-refractivity contribution in [3.05, 3.63) is 47.8 Å². The first kappa shape index (κ1) is 13.7. The van der Waals surface area contributed by atoms with Crippen LogP contribution in [-0.2, 0) is 6.54 Å². The molecule has 0 spiro atoms. The van der Waals surface area contributed by atoms with Crippen LogP contribution in [0.3, 0.4) is 0 Å². The monoisotopic (exact) mass is 287 g/mol. The smallest absolute Gasteiger partial charge is 0.0492 e. The molecule has 2 heterocycles. The summed E-state index contributed by atoms with van der Waals surface area (Å²) >= 11 is 2.04. The zero-order valence-corrected chi connectivity index (χ0v) is 12.7. The van der Waals surface area contributed by atoms with E-state index in [1.807, 2.05) is 18.0 Å². The minimum Gasteiger partial charge on any atom is -0.297 e. The maximum absolute atomic E-state index is 4.01. The normalized spacial score (nSPS) is 17.4. The number of piperidine rings is 1. The zero-order chi connectivity index (χ0) is 13.8. The summed E-state index contributed by atoms with van der Waals surface area (Å²) in [6, 6.07) is 11.0. The molecular weight excluding hydrogens is 266 g/mol. The number of aromatic amines is 1. The summed E-state index contributed by atoms with van der Waals surface area (Å²) in [5.74, 6) is 0. The molecule has 0 aliphatic carbocycles. The van der Waals surface area contributed by atoms with Crippen molar-refractivity contribution in [3.8, 4) is 0 Å². The number of benzene rings is 1. The Balaban J connectivity index is 1.47. The molecule has 20 heavy (non-hydrogen) atoms. The largest absolute Gasteiger partial charge is 0.297 e. The van der Waals surface area contributed by atoms with Gasteiger partial charge in [0.05, 0.1) is 0 Å². The van der Waals surface area contributed by atoms with Crippen LogP contribution in [0, 0.1) is 6.92 Å². The van der Waals surface area contributed by atoms with Gasteiger partial charge in [-0.15, -0.1) is 11.8 Å². The third-order valence-corrected chi connectivity index (χ3v) is 5.16. The highest BCUT2D eigenvalue weighted by Crippen LogP contribution is 2.30. The second-order valence-electron chi connectivity index (χ2n) is 5.49. The summed E-state index contributed by atoms with van der Waals surface area (Å²) < 4.78 is 0. The number of rotatable bonds is 4. The summed E-state index contributed by atoms with van der Waals surface area (Å²) in [6.07, 6.45) is 4.37. The summed E-state index contributed by atoms with van der Waals surface area (Å²) in [5.41, 5.74) is 2.55. The van der Waals surface area contributed by atoms with Crippen molar-refractivity contribution in [1.29, 1.82) is 0 Å². The van der Waals surface area contributed by atoms with Crippen molar-refractivity contribution in [3.63, 3.8) is 0 Å². The predicted molar refractivity (Wildman–Crippen MR) is 83.9 cm³/mol. The van der Waals surface area contributed by atoms with Gasteiger partial charge in [-0.25, -0.2) is 0 Å². The Labute approximate surface area is 124 Å². The molecule has 1 aliphatic heterocycles. The molecule has 2 aromatic rings. The highest BCUT2D eigenvalue weighted by atomic mass is 32.2. The Morgan fingerprint density at radius 1 is 1.20 bits per heavy atom. The van der Waals surface area contributed by atoms with E-state index in [9.17, 15) is 0 Å². The molecule has 1 fully saturated rings. The number of H-pyrrole nitrogens is 1. The van der Waals surface area contributed by atoms with Crippen LogP contribution in [0.2, 0.25) is 0 Å². The summed E-state index contributed by atoms with van der Waals surface area (Å²) in [6.45, 7) is 5.51. The fourth-order valence-electron chi connectivity index (χ4n) is 2.61. The van der Waals surface area contributed by atoms with Gasteiger partial charge in [-0.2, -0.15) is 5.10 Å². The first-order valence-corrected chi connectivity index (χ1v) is 8.11. The lowest BCUT2D eigenvalue weighted by Crippen LogP contribution is -2.34. The average Bonchev–Trinajstić information content (AvgIpc) is 2.96. The lowest BCUT2D eigenvalue weighted by Gasteiger charge is -2.31. The number of likely N-dealkylation sites (tertiary alicyclic amines) is 1. The zero-order valence-electron chi connectivity index (χ0n) is 11.9. The van der Waals surface area contributed by atoms with Crippen molar-refractivity contribution >= 4 is 11.8 Å². The number of aromatic nitrogens is 2. The molecule has 106 valence electrons. The van der Waals surface area contributed by atoms with Crippen LogP contribution in [0.15, 0.2) is 41.4 Å². The maximum Gasteiger partial charge on any atom is 0.0492 e. The van der Waals surface area contributed by atoms with Crippen LogP contribution in [0.25, 0.3) is 0 Å². The molecular formula is C16H21N3S. The molecule has 4 heteroatoms. The van der Waals surface area contributed by atoms with Crippen molar-refractivity contribution in [2.24, 2.45) is 0 Å². The fraction of sp³-hybridized carbons (Fsp3) is 0.438. The third kappa shape index (κ3) is 3.64. The minimum absolute atomic E-state index is 0.760. The number of hydrogen-bond donors (Lipinski definition) is 1. The van der Waals surface area contributed by atoms with E-state index in [0.717, 1.165) is 11.8 Å². The van der Waals surface area contributed by atoms with Crippen LogP contribution in [-0.4, -0.2) is 33.4 Å². The van der Waals surface area contributed by atoms with Crippen molar-refractivity contribution < 1.29 is 0 Å². The van der Waals surface area contributed by atoms with Gasteiger partial charge < -0.3 is 0 Å². The van der Waals surface area contributed by atoms with Crippen molar-refractivity contribution in [2.45, 2.75) is 36.5 Å². The first-order chi connectivity index (χ1) is 9.79. The van der Waals surface area contributed by atoms with Gasteiger partial charge in [-0.3, -0.25) is 10.00 Å². The van der Waals surface area contributed by atoms with E-state index in [4.69, 9.17) is 0 Å². The molecule has 0 atom stereocenters. The van der Waals surface area contributed by atoms with Crippen LogP contribution >= 0.6 is 11.8 Å². The number of nitrogens with zero attached hydrogens (tertiary/aromatic N) is 2. The molecule has 1 aromatic heterocycles. The molecule has 3 nitrogen and oxygen atoms in total. The standard InChI is InChI=1S/C16H21N3S/c1-13-2-4-15(5-3-13)20-16-7-10-19(11-8-16)12-14-6-9-17-18-14/h2-6,9,16H,7-8,10-12H2,1H3,(H,17,18). The maximum atomic E-state index is 4.01. The Bertz CT molecular complexity index is 513. The Hall–Kier alpha value is -1.26. The number of thioether (sulfide) groups is 1. The lowest BCUT2D eigenvalue weighted by atomic mass is 10.1. The second-order valence-corrected chi connectivity index (χ2v) is 6.86. The second kappa shape index (κ2) is 6.46. The highest BCUT2D eigenvalue weighted by Gasteiger charge is 2.20. The van der Waals surface area contributed by atoms with Crippen LogP contribution in [0.1, 0.15) is 24.1 Å². The van der Waals surface area contributed by atoms with E-state index in [1.165, 1.54) is 42.1 Å². The van der Waals surface area contributed by atoms with Crippen LogP contribution in [0.4, 0.5) is 0 Å². The molecule has 0 bridgehead atoms. The first-order valence-electron chi connectivity index (χ1n) is 7.23. The van der Waals surface area contributed by atoms with Gasteiger partial charge in [0.2, 0.25) is 0 Å². The molecule has 1 N–H and O–H groups in total. The van der Waals surface area contributed by atoms with Gasteiger partial charge in [-0.05, 0) is 51.1 Å². The number of aryl methyl sites for hydroxylation is 1. The van der Waals surface area contributed by atoms with E-state index in [-0.39, 0.29) is 0 Å². The fourth-order valence-corrected chi connectivity index (χ4v) is 3.73. The molecule has 3 rings (SSSR count). The van der Waals surface area contributed by atoms with Gasteiger partial charge in [0.15, 0.2) is 0 Å². The molecule has 0 radical (unpaired) electrons. The van der Waals surface area contributed by atoms with E-state index in [1.54, 1.807) is 0 Å². The third-order valence-electron chi connectivity index (χ3n) is 3.81. The summed E-state index contributed by atoms with van der Waals surface area (Å²) in [4.78, 5) is 3.92. The van der Waals surface area contributed by atoms with Crippen LogP contribution in [0.5, 0.6) is 0 Å². The van der Waals surface area contributed by atoms with E-state index in [2.05, 4.69) is 52.4 Å². The molecule has 0 saturated carbocycles. The van der Waals surface area contributed by atoms with E-state index >= 15 is 0 Å². The quantitative estimate of drug-likeness (QED) is 0.934. The lowest BCUT2D eigenvalue weighted by molar-refractivity contribution is 0.222. The van der Waals surface area contributed by atoms with Crippen molar-refractivity contribution in [1.82, 2.24) is 15.1 Å². The number of hydrogen-bond acceptors (Lipinski definition) is 3. The predicted octanol–water partition coefficient (Wildman–Crippen LogP) is 3.47. The van der Waals surface area contributed by atoms with E-state index in [0.29, 0.717) is 0 Å². The van der Waals surface area contributed by atoms with Crippen LogP contribution < -0.4 is 0 Å². The Kier molecular flexibility index (Phi) is 4.43. The average molecular weight is 287 g/mol. The molecule has 0 amide bonds. The molecule has 1 aromatic carbocycles. The summed E-state index contributed by atoms with van der Waals surface area (Å²) in [7, 11) is 0. The van der Waals surface area contributed by atoms with Gasteiger partial charge in [0.25, 0.3) is 0 Å². The SMILES string of the molecule is Cc1ccc(SC2CCN(Cc3ccn[nH]3)CC2)cc1. The van der Waals surface area contributed by atoms with E-state index < -0.39 is 0 Å². The van der Waals surface area contributed by atoms with Gasteiger partial charge in [0.1, 0.15) is 0 Å². The molecule has 0 unspecified atom stereocenters. The minimum atomic E-state index is 0.760. The Morgan fingerprint density at radius 2 is 1.95 bits per heavy atom. The number of nitrogens with one attached hydrogen (secondary N) is 1. The van der Waals surface area contributed by atoms with Gasteiger partial charge in [-0.1, -0.05) is 17.7 Å². The topological polar surface area (TPSA) is 31.9 Å². The Morgan fingerprint density at radius 3 is 2.60 bits per heavy atom.